The van der Waals surface area contributed by atoms with E-state index in [1.165, 1.54) is 6.33 Å². The number of imidazole rings is 1. The number of likely N-dealkylation sites (tertiary alicyclic amines) is 1. The van der Waals surface area contributed by atoms with Crippen LogP contribution in [-0.2, 0) is 6.42 Å². The van der Waals surface area contributed by atoms with Crippen LogP contribution in [0.3, 0.4) is 0 Å². The van der Waals surface area contributed by atoms with Crippen LogP contribution < -0.4 is 10.1 Å². The Morgan fingerprint density at radius 3 is 2.88 bits per heavy atom. The minimum absolute atomic E-state index is 0.148. The average molecular weight is 466 g/mol. The molecule has 9 heteroatoms. The molecule has 0 atom stereocenters. The molecule has 0 bridgehead atoms. The molecule has 4 heterocycles. The predicted molar refractivity (Wildman–Crippen MR) is 131 cm³/mol. The Hall–Kier alpha value is -2.97. The summed E-state index contributed by atoms with van der Waals surface area (Å²) in [6, 6.07) is 8.57. The number of hydrogen-bond acceptors (Lipinski definition) is 7. The van der Waals surface area contributed by atoms with Crippen molar-refractivity contribution >= 4 is 39.4 Å². The third-order valence-electron chi connectivity index (χ3n) is 6.21. The number of aromatic nitrogens is 5. The lowest BCUT2D eigenvalue weighted by Crippen LogP contribution is -2.41. The zero-order valence-corrected chi connectivity index (χ0v) is 19.6. The molecule has 0 aliphatic carbocycles. The van der Waals surface area contributed by atoms with Gasteiger partial charge in [-0.2, -0.15) is 0 Å². The molecule has 0 saturated carbocycles. The molecule has 0 unspecified atom stereocenters. The van der Waals surface area contributed by atoms with Gasteiger partial charge in [0.1, 0.15) is 17.9 Å². The molecule has 5 rings (SSSR count). The van der Waals surface area contributed by atoms with Crippen LogP contribution in [0.2, 0.25) is 5.02 Å². The van der Waals surface area contributed by atoms with Crippen molar-refractivity contribution in [3.63, 3.8) is 0 Å². The van der Waals surface area contributed by atoms with Gasteiger partial charge in [-0.1, -0.05) is 23.7 Å². The van der Waals surface area contributed by atoms with Crippen LogP contribution in [0.1, 0.15) is 32.4 Å². The van der Waals surface area contributed by atoms with Gasteiger partial charge in [0.25, 0.3) is 0 Å². The standard InChI is InChI=1S/C24H28ClN7O/c1-15(2)32-10-7-18(8-11-32)33-24-20-16(4-3-5-19(20)25)12-17(31-24)6-9-26-22-21-23(28-13-27-21)30-14-29-22/h3-5,12-15,18H,6-11H2,1-2H3,(H2,26,27,28,29,30). The maximum Gasteiger partial charge on any atom is 0.223 e. The molecule has 0 spiro atoms. The van der Waals surface area contributed by atoms with Gasteiger partial charge >= 0.3 is 0 Å². The van der Waals surface area contributed by atoms with Crippen molar-refractivity contribution in [3.8, 4) is 5.88 Å². The van der Waals surface area contributed by atoms with Gasteiger partial charge in [-0.25, -0.2) is 19.9 Å². The van der Waals surface area contributed by atoms with Crippen molar-refractivity contribution in [1.29, 1.82) is 0 Å². The van der Waals surface area contributed by atoms with E-state index in [0.29, 0.717) is 35.6 Å². The SMILES string of the molecule is CC(C)N1CCC(Oc2nc(CCNc3ncnc4nc[nH]c34)cc3cccc(Cl)c23)CC1. The first-order valence-corrected chi connectivity index (χ1v) is 11.8. The second-order valence-electron chi connectivity index (χ2n) is 8.70. The highest BCUT2D eigenvalue weighted by Gasteiger charge is 2.23. The van der Waals surface area contributed by atoms with Crippen molar-refractivity contribution in [2.75, 3.05) is 25.0 Å². The van der Waals surface area contributed by atoms with Crippen LogP contribution in [0.5, 0.6) is 5.88 Å². The number of ether oxygens (including phenoxy) is 1. The molecule has 1 aliphatic rings. The number of anilines is 1. The molecule has 1 fully saturated rings. The first-order valence-electron chi connectivity index (χ1n) is 11.5. The molecule has 3 aromatic heterocycles. The fourth-order valence-corrected chi connectivity index (χ4v) is 4.64. The third kappa shape index (κ3) is 4.72. The Bertz CT molecular complexity index is 1250. The van der Waals surface area contributed by atoms with Crippen LogP contribution in [0.4, 0.5) is 5.82 Å². The van der Waals surface area contributed by atoms with E-state index in [1.54, 1.807) is 6.33 Å². The molecule has 172 valence electrons. The summed E-state index contributed by atoms with van der Waals surface area (Å²) in [6.07, 6.45) is 5.98. The zero-order valence-electron chi connectivity index (χ0n) is 18.9. The van der Waals surface area contributed by atoms with E-state index in [-0.39, 0.29) is 6.10 Å². The Kier molecular flexibility index (Phi) is 6.28. The lowest BCUT2D eigenvalue weighted by atomic mass is 10.1. The number of hydrogen-bond donors (Lipinski definition) is 2. The highest BCUT2D eigenvalue weighted by atomic mass is 35.5. The number of fused-ring (bicyclic) bond motifs is 2. The van der Waals surface area contributed by atoms with Gasteiger partial charge in [-0.05, 0) is 44.2 Å². The number of piperidine rings is 1. The normalized spacial score (nSPS) is 15.5. The highest BCUT2D eigenvalue weighted by molar-refractivity contribution is 6.36. The Labute approximate surface area is 197 Å². The lowest BCUT2D eigenvalue weighted by Gasteiger charge is -2.34. The Morgan fingerprint density at radius 1 is 1.21 bits per heavy atom. The zero-order chi connectivity index (χ0) is 22.8. The average Bonchev–Trinajstić information content (AvgIpc) is 3.29. The minimum atomic E-state index is 0.148. The Morgan fingerprint density at radius 2 is 2.06 bits per heavy atom. The molecule has 1 aromatic carbocycles. The second-order valence-corrected chi connectivity index (χ2v) is 9.11. The van der Waals surface area contributed by atoms with Crippen LogP contribution in [0, 0.1) is 0 Å². The molecule has 2 N–H and O–H groups in total. The molecular formula is C24H28ClN7O. The van der Waals surface area contributed by atoms with E-state index in [2.05, 4.69) is 56.1 Å². The summed E-state index contributed by atoms with van der Waals surface area (Å²) >= 11 is 6.56. The number of H-pyrrole nitrogens is 1. The van der Waals surface area contributed by atoms with Crippen molar-refractivity contribution in [2.45, 2.75) is 45.3 Å². The van der Waals surface area contributed by atoms with Gasteiger partial charge < -0.3 is 19.9 Å². The quantitative estimate of drug-likeness (QED) is 0.416. The van der Waals surface area contributed by atoms with Crippen molar-refractivity contribution in [1.82, 2.24) is 29.8 Å². The molecule has 1 saturated heterocycles. The highest BCUT2D eigenvalue weighted by Crippen LogP contribution is 2.33. The van der Waals surface area contributed by atoms with Crippen molar-refractivity contribution < 1.29 is 4.74 Å². The van der Waals surface area contributed by atoms with Gasteiger partial charge in [-0.3, -0.25) is 0 Å². The monoisotopic (exact) mass is 465 g/mol. The minimum Gasteiger partial charge on any atom is -0.474 e. The van der Waals surface area contributed by atoms with Gasteiger partial charge in [0.05, 0.1) is 16.7 Å². The summed E-state index contributed by atoms with van der Waals surface area (Å²) in [7, 11) is 0. The third-order valence-corrected chi connectivity index (χ3v) is 6.52. The van der Waals surface area contributed by atoms with Gasteiger partial charge in [0.2, 0.25) is 5.88 Å². The van der Waals surface area contributed by atoms with Crippen molar-refractivity contribution in [2.24, 2.45) is 0 Å². The van der Waals surface area contributed by atoms with Crippen LogP contribution in [0.25, 0.3) is 21.9 Å². The van der Waals surface area contributed by atoms with E-state index >= 15 is 0 Å². The fourth-order valence-electron chi connectivity index (χ4n) is 4.37. The van der Waals surface area contributed by atoms with Crippen LogP contribution in [-0.4, -0.2) is 61.6 Å². The van der Waals surface area contributed by atoms with Gasteiger partial charge in [0.15, 0.2) is 11.5 Å². The molecule has 0 radical (unpaired) electrons. The van der Waals surface area contributed by atoms with Gasteiger partial charge in [0, 0.05) is 37.8 Å². The summed E-state index contributed by atoms with van der Waals surface area (Å²) in [5, 5.41) is 5.96. The number of benzene rings is 1. The number of pyridine rings is 1. The lowest BCUT2D eigenvalue weighted by molar-refractivity contribution is 0.0823. The molecule has 33 heavy (non-hydrogen) atoms. The van der Waals surface area contributed by atoms with Crippen molar-refractivity contribution in [3.05, 3.63) is 47.6 Å². The summed E-state index contributed by atoms with van der Waals surface area (Å²) in [5.41, 5.74) is 2.39. The second kappa shape index (κ2) is 9.49. The first-order chi connectivity index (χ1) is 16.1. The summed E-state index contributed by atoms with van der Waals surface area (Å²) in [5.74, 6) is 1.36. The number of nitrogens with one attached hydrogen (secondary N) is 2. The van der Waals surface area contributed by atoms with E-state index in [4.69, 9.17) is 21.3 Å². The van der Waals surface area contributed by atoms with E-state index in [0.717, 1.165) is 53.7 Å². The smallest absolute Gasteiger partial charge is 0.223 e. The molecular weight excluding hydrogens is 438 g/mol. The van der Waals surface area contributed by atoms with Crippen LogP contribution in [0.15, 0.2) is 36.9 Å². The van der Waals surface area contributed by atoms with Gasteiger partial charge in [-0.15, -0.1) is 0 Å². The van der Waals surface area contributed by atoms with E-state index in [1.807, 2.05) is 12.1 Å². The largest absolute Gasteiger partial charge is 0.474 e. The first kappa shape index (κ1) is 21.9. The number of nitrogens with zero attached hydrogens (tertiary/aromatic N) is 5. The molecule has 4 aromatic rings. The fraction of sp³-hybridized carbons (Fsp3) is 0.417. The maximum atomic E-state index is 6.56. The summed E-state index contributed by atoms with van der Waals surface area (Å²) in [6.45, 7) is 7.23. The number of aromatic amines is 1. The molecule has 8 nitrogen and oxygen atoms in total. The predicted octanol–water partition coefficient (Wildman–Crippen LogP) is 4.46. The molecule has 1 aliphatic heterocycles. The Balaban J connectivity index is 1.33. The number of rotatable bonds is 7. The van der Waals surface area contributed by atoms with E-state index in [9.17, 15) is 0 Å². The van der Waals surface area contributed by atoms with Crippen LogP contribution >= 0.6 is 11.6 Å². The summed E-state index contributed by atoms with van der Waals surface area (Å²) < 4.78 is 6.45. The molecule has 0 amide bonds. The topological polar surface area (TPSA) is 91.8 Å². The number of halogens is 1. The summed E-state index contributed by atoms with van der Waals surface area (Å²) in [4.78, 5) is 23.1. The van der Waals surface area contributed by atoms with E-state index < -0.39 is 0 Å². The maximum absolute atomic E-state index is 6.56.